The Balaban J connectivity index is 1.53. The van der Waals surface area contributed by atoms with E-state index < -0.39 is 5.60 Å². The zero-order valence-electron chi connectivity index (χ0n) is 18.0. The molecule has 2 aromatic carbocycles. The van der Waals surface area contributed by atoms with Gasteiger partial charge in [-0.2, -0.15) is 0 Å². The van der Waals surface area contributed by atoms with Crippen molar-refractivity contribution < 1.29 is 28.5 Å². The third-order valence-electron chi connectivity index (χ3n) is 5.98. The molecule has 2 aromatic rings. The molecule has 0 atom stereocenters. The van der Waals surface area contributed by atoms with Crippen LogP contribution in [0, 0.1) is 0 Å². The second-order valence-electron chi connectivity index (χ2n) is 7.86. The van der Waals surface area contributed by atoms with E-state index in [2.05, 4.69) is 0 Å². The number of hydrogen-bond donors (Lipinski definition) is 0. The first-order valence-corrected chi connectivity index (χ1v) is 10.9. The summed E-state index contributed by atoms with van der Waals surface area (Å²) in [4.78, 5) is 27.7. The zero-order valence-corrected chi connectivity index (χ0v) is 19.5. The van der Waals surface area contributed by atoms with Crippen molar-refractivity contribution >= 4 is 34.9 Å². The summed E-state index contributed by atoms with van der Waals surface area (Å²) in [6.45, 7) is 0.868. The first-order chi connectivity index (χ1) is 15.3. The number of amides is 1. The molecule has 0 N–H and O–H groups in total. The molecule has 4 rings (SSSR count). The number of fused-ring (bicyclic) bond motifs is 1. The third-order valence-corrected chi connectivity index (χ3v) is 6.48. The fourth-order valence-corrected chi connectivity index (χ4v) is 4.83. The Morgan fingerprint density at radius 3 is 2.19 bits per heavy atom. The number of Topliss-reactive ketones (excluding diaryl/α,β-unsaturated/α-hetero) is 1. The van der Waals surface area contributed by atoms with E-state index >= 15 is 0 Å². The van der Waals surface area contributed by atoms with E-state index in [9.17, 15) is 9.59 Å². The number of rotatable bonds is 4. The smallest absolute Gasteiger partial charge is 0.254 e. The summed E-state index contributed by atoms with van der Waals surface area (Å²) in [5.41, 5.74) is 0.149. The van der Waals surface area contributed by atoms with E-state index in [1.807, 2.05) is 0 Å². The molecule has 2 heterocycles. The third kappa shape index (κ3) is 3.95. The number of carbonyl (C=O) groups excluding carboxylic acids is 2. The van der Waals surface area contributed by atoms with Crippen LogP contribution in [0.15, 0.2) is 24.3 Å². The van der Waals surface area contributed by atoms with Crippen molar-refractivity contribution in [2.75, 3.05) is 34.4 Å². The maximum Gasteiger partial charge on any atom is 0.254 e. The van der Waals surface area contributed by atoms with Crippen LogP contribution < -0.4 is 18.9 Å². The van der Waals surface area contributed by atoms with Crippen molar-refractivity contribution in [1.29, 1.82) is 0 Å². The maximum absolute atomic E-state index is 13.2. The van der Waals surface area contributed by atoms with Crippen LogP contribution in [0.25, 0.3) is 0 Å². The summed E-state index contributed by atoms with van der Waals surface area (Å²) in [5.74, 6) is 1.40. The van der Waals surface area contributed by atoms with Crippen molar-refractivity contribution in [3.63, 3.8) is 0 Å². The number of ether oxygens (including phenoxy) is 4. The van der Waals surface area contributed by atoms with Crippen molar-refractivity contribution in [2.45, 2.75) is 24.9 Å². The van der Waals surface area contributed by atoms with Gasteiger partial charge in [-0.25, -0.2) is 0 Å². The van der Waals surface area contributed by atoms with Crippen LogP contribution in [-0.2, 0) is 0 Å². The minimum Gasteiger partial charge on any atom is -0.493 e. The number of ketones is 1. The molecular weight excluding hydrogens is 457 g/mol. The Morgan fingerprint density at radius 2 is 1.62 bits per heavy atom. The van der Waals surface area contributed by atoms with Crippen LogP contribution in [-0.4, -0.2) is 56.6 Å². The number of benzene rings is 2. The highest BCUT2D eigenvalue weighted by Crippen LogP contribution is 2.44. The predicted octanol–water partition coefficient (Wildman–Crippen LogP) is 4.66. The van der Waals surface area contributed by atoms with Crippen molar-refractivity contribution in [3.8, 4) is 23.0 Å². The van der Waals surface area contributed by atoms with Crippen molar-refractivity contribution in [2.24, 2.45) is 0 Å². The number of hydrogen-bond acceptors (Lipinski definition) is 6. The number of methoxy groups -OCH3 is 3. The number of likely N-dealkylation sites (tertiary alicyclic amines) is 1. The van der Waals surface area contributed by atoms with Crippen LogP contribution in [0.3, 0.4) is 0 Å². The van der Waals surface area contributed by atoms with Crippen LogP contribution in [0.1, 0.15) is 40.0 Å². The lowest BCUT2D eigenvalue weighted by atomic mass is 9.82. The summed E-state index contributed by atoms with van der Waals surface area (Å²) in [7, 11) is 4.52. The number of piperidine rings is 1. The average molecular weight is 480 g/mol. The zero-order chi connectivity index (χ0) is 23.0. The number of nitrogens with zero attached hydrogens (tertiary/aromatic N) is 1. The molecule has 0 bridgehead atoms. The van der Waals surface area contributed by atoms with Crippen LogP contribution in [0.2, 0.25) is 10.0 Å². The monoisotopic (exact) mass is 479 g/mol. The molecule has 1 spiro atoms. The van der Waals surface area contributed by atoms with Gasteiger partial charge in [0.2, 0.25) is 5.75 Å². The van der Waals surface area contributed by atoms with Crippen molar-refractivity contribution in [1.82, 2.24) is 4.90 Å². The molecule has 0 radical (unpaired) electrons. The quantitative estimate of drug-likeness (QED) is 0.634. The molecular formula is C23H23Cl2NO6. The minimum absolute atomic E-state index is 0.0555. The molecule has 170 valence electrons. The van der Waals surface area contributed by atoms with Crippen molar-refractivity contribution in [3.05, 3.63) is 45.4 Å². The molecule has 9 heteroatoms. The predicted molar refractivity (Wildman–Crippen MR) is 120 cm³/mol. The highest BCUT2D eigenvalue weighted by atomic mass is 35.5. The number of carbonyl (C=O) groups is 2. The molecule has 1 fully saturated rings. The standard InChI is InChI=1S/C23H23Cl2NO6/c1-29-18-8-13(9-19(30-2)21(18)31-3)22(28)26-6-4-23(5-7-26)12-17(27)15-10-14(24)11-16(25)20(15)32-23/h8-11H,4-7,12H2,1-3H3. The van der Waals surface area contributed by atoms with Gasteiger partial charge in [-0.3, -0.25) is 9.59 Å². The van der Waals surface area contributed by atoms with E-state index in [1.165, 1.54) is 21.3 Å². The van der Waals surface area contributed by atoms with Gasteiger partial charge >= 0.3 is 0 Å². The Labute approximate surface area is 196 Å². The summed E-state index contributed by atoms with van der Waals surface area (Å²) in [6, 6.07) is 6.42. The Hall–Kier alpha value is -2.64. The number of halogens is 2. The fourth-order valence-electron chi connectivity index (χ4n) is 4.29. The molecule has 2 aliphatic heterocycles. The van der Waals surface area contributed by atoms with Gasteiger partial charge in [-0.05, 0) is 24.3 Å². The van der Waals surface area contributed by atoms with E-state index in [0.717, 1.165) is 0 Å². The van der Waals surface area contributed by atoms with Gasteiger partial charge in [0, 0.05) is 36.5 Å². The van der Waals surface area contributed by atoms with Gasteiger partial charge < -0.3 is 23.8 Å². The Morgan fingerprint density at radius 1 is 1.00 bits per heavy atom. The Kier molecular flexibility index (Phi) is 6.14. The lowest BCUT2D eigenvalue weighted by Gasteiger charge is -2.44. The van der Waals surface area contributed by atoms with Crippen LogP contribution in [0.5, 0.6) is 23.0 Å². The highest BCUT2D eigenvalue weighted by molar-refractivity contribution is 6.36. The second-order valence-corrected chi connectivity index (χ2v) is 8.70. The van der Waals surface area contributed by atoms with Gasteiger partial charge in [0.15, 0.2) is 17.3 Å². The van der Waals surface area contributed by atoms with Gasteiger partial charge in [-0.15, -0.1) is 0 Å². The maximum atomic E-state index is 13.2. The molecule has 32 heavy (non-hydrogen) atoms. The van der Waals surface area contributed by atoms with Gasteiger partial charge in [0.05, 0.1) is 38.3 Å². The largest absolute Gasteiger partial charge is 0.493 e. The topological polar surface area (TPSA) is 74.3 Å². The first kappa shape index (κ1) is 22.6. The molecule has 0 unspecified atom stereocenters. The fraction of sp³-hybridized carbons (Fsp3) is 0.391. The van der Waals surface area contributed by atoms with Gasteiger partial charge in [-0.1, -0.05) is 23.2 Å². The average Bonchev–Trinajstić information content (AvgIpc) is 2.79. The normalized spacial score (nSPS) is 16.9. The summed E-state index contributed by atoms with van der Waals surface area (Å²) >= 11 is 12.3. The molecule has 0 aromatic heterocycles. The first-order valence-electron chi connectivity index (χ1n) is 10.1. The lowest BCUT2D eigenvalue weighted by Crippen LogP contribution is -2.52. The molecule has 2 aliphatic rings. The molecule has 7 nitrogen and oxygen atoms in total. The van der Waals surface area contributed by atoms with E-state index in [-0.39, 0.29) is 18.1 Å². The minimum atomic E-state index is -0.687. The molecule has 0 saturated carbocycles. The van der Waals surface area contributed by atoms with Gasteiger partial charge in [0.25, 0.3) is 5.91 Å². The van der Waals surface area contributed by atoms with Crippen LogP contribution in [0.4, 0.5) is 0 Å². The SMILES string of the molecule is COc1cc(C(=O)N2CCC3(CC2)CC(=O)c2cc(Cl)cc(Cl)c2O3)cc(OC)c1OC. The Bertz CT molecular complexity index is 1050. The van der Waals surface area contributed by atoms with Gasteiger partial charge in [0.1, 0.15) is 11.4 Å². The summed E-state index contributed by atoms with van der Waals surface area (Å²) < 4.78 is 22.3. The lowest BCUT2D eigenvalue weighted by molar-refractivity contribution is -0.00566. The van der Waals surface area contributed by atoms with Crippen LogP contribution >= 0.6 is 23.2 Å². The summed E-state index contributed by atoms with van der Waals surface area (Å²) in [5, 5.41) is 0.711. The molecule has 1 amide bonds. The molecule has 0 aliphatic carbocycles. The molecule has 1 saturated heterocycles. The second kappa shape index (κ2) is 8.71. The van der Waals surface area contributed by atoms with E-state index in [0.29, 0.717) is 70.1 Å². The highest BCUT2D eigenvalue weighted by Gasteiger charge is 2.44. The van der Waals surface area contributed by atoms with E-state index in [1.54, 1.807) is 29.2 Å². The van der Waals surface area contributed by atoms with E-state index in [4.69, 9.17) is 42.1 Å². The summed E-state index contributed by atoms with van der Waals surface area (Å²) in [6.07, 6.45) is 1.24.